The van der Waals surface area contributed by atoms with Crippen molar-refractivity contribution >= 4 is 10.4 Å². The van der Waals surface area contributed by atoms with Gasteiger partial charge in [0.2, 0.25) is 16.1 Å². The van der Waals surface area contributed by atoms with Crippen LogP contribution in [0.5, 0.6) is 17.2 Å². The van der Waals surface area contributed by atoms with E-state index in [1.54, 1.807) is 12.1 Å². The van der Waals surface area contributed by atoms with Gasteiger partial charge in [-0.2, -0.15) is 0 Å². The van der Waals surface area contributed by atoms with Crippen LogP contribution in [-0.2, 0) is 30.7 Å². The van der Waals surface area contributed by atoms with Gasteiger partial charge in [0.05, 0.1) is 34.5 Å². The van der Waals surface area contributed by atoms with Gasteiger partial charge in [-0.25, -0.2) is 8.42 Å². The minimum Gasteiger partial charge on any atom is -0.726 e. The van der Waals surface area contributed by atoms with E-state index in [1.165, 1.54) is 21.3 Å². The van der Waals surface area contributed by atoms with Crippen molar-refractivity contribution in [2.24, 2.45) is 0 Å². The number of methoxy groups -OCH3 is 3. The van der Waals surface area contributed by atoms with Gasteiger partial charge in [-0.15, -0.1) is 0 Å². The maximum atomic E-state index is 10.8. The van der Waals surface area contributed by atoms with E-state index < -0.39 is 47.7 Å². The third-order valence-corrected chi connectivity index (χ3v) is 4.65. The van der Waals surface area contributed by atoms with Crippen LogP contribution in [0.3, 0.4) is 0 Å². The third-order valence-electron chi connectivity index (χ3n) is 4.19. The summed E-state index contributed by atoms with van der Waals surface area (Å²) in [5, 5.41) is 29.6. The molecule has 2 rings (SSSR count). The third kappa shape index (κ3) is 6.64. The molecule has 1 heterocycles. The molecule has 166 valence electrons. The molecule has 0 bridgehead atoms. The monoisotopic (exact) mass is 462 g/mol. The van der Waals surface area contributed by atoms with Crippen molar-refractivity contribution in [2.75, 3.05) is 27.9 Å². The van der Waals surface area contributed by atoms with Crippen LogP contribution in [0.15, 0.2) is 12.1 Å². The molecule has 0 spiro atoms. The summed E-state index contributed by atoms with van der Waals surface area (Å²) in [6.07, 6.45) is -8.29. The Morgan fingerprint density at radius 2 is 1.63 bits per heavy atom. The summed E-state index contributed by atoms with van der Waals surface area (Å²) in [5.74, 6) is 1.08. The molecule has 0 aliphatic carbocycles. The first-order valence-electron chi connectivity index (χ1n) is 8.32. The molecule has 30 heavy (non-hydrogen) atoms. The van der Waals surface area contributed by atoms with Crippen molar-refractivity contribution in [3.63, 3.8) is 0 Å². The second-order valence-electron chi connectivity index (χ2n) is 6.02. The summed E-state index contributed by atoms with van der Waals surface area (Å²) in [7, 11) is -0.901. The van der Waals surface area contributed by atoms with Gasteiger partial charge in [0, 0.05) is 0 Å². The summed E-state index contributed by atoms with van der Waals surface area (Å²) in [5.41, 5.74) is 0.533. The number of rotatable bonds is 9. The average Bonchev–Trinajstić information content (AvgIpc) is 2.69. The van der Waals surface area contributed by atoms with E-state index in [-0.39, 0.29) is 36.2 Å². The van der Waals surface area contributed by atoms with Gasteiger partial charge in [0.15, 0.2) is 17.8 Å². The molecule has 0 aromatic heterocycles. The van der Waals surface area contributed by atoms with Crippen LogP contribution in [0, 0.1) is 0 Å². The van der Waals surface area contributed by atoms with Gasteiger partial charge >= 0.3 is 29.6 Å². The zero-order valence-electron chi connectivity index (χ0n) is 16.9. The first-order chi connectivity index (χ1) is 13.6. The van der Waals surface area contributed by atoms with E-state index in [4.69, 9.17) is 23.7 Å². The second-order valence-corrected chi connectivity index (χ2v) is 7.03. The number of ether oxygens (including phenoxy) is 5. The predicted octanol–water partition coefficient (Wildman–Crippen LogP) is -4.48. The molecule has 1 fully saturated rings. The van der Waals surface area contributed by atoms with Crippen LogP contribution in [-0.4, -0.2) is 86.9 Å². The van der Waals surface area contributed by atoms with E-state index in [2.05, 4.69) is 4.18 Å². The van der Waals surface area contributed by atoms with Gasteiger partial charge < -0.3 is 43.6 Å². The molecule has 0 amide bonds. The van der Waals surface area contributed by atoms with E-state index in [0.717, 1.165) is 0 Å². The SMILES string of the molecule is COc1cc(CO[C@@H]2O[C@H](CO)[C@@H](OS(=O)(=O)[O-])[C@H](O)[C@H]2O)cc(OC)c1OC.[Na+]. The normalized spacial score (nSPS) is 26.6. The van der Waals surface area contributed by atoms with E-state index in [0.29, 0.717) is 22.8 Å². The number of hydrogen-bond donors (Lipinski definition) is 3. The van der Waals surface area contributed by atoms with E-state index >= 15 is 0 Å². The van der Waals surface area contributed by atoms with Crippen molar-refractivity contribution in [1.82, 2.24) is 0 Å². The molecule has 1 aromatic carbocycles. The Kier molecular flexibility index (Phi) is 10.7. The molecular formula is C16H23NaO12S. The van der Waals surface area contributed by atoms with Crippen LogP contribution >= 0.6 is 0 Å². The Morgan fingerprint density at radius 3 is 2.07 bits per heavy atom. The summed E-state index contributed by atoms with van der Waals surface area (Å²) < 4.78 is 63.0. The summed E-state index contributed by atoms with van der Waals surface area (Å²) in [6, 6.07) is 3.18. The fourth-order valence-electron chi connectivity index (χ4n) is 2.84. The second kappa shape index (κ2) is 11.8. The molecule has 0 radical (unpaired) electrons. The fraction of sp³-hybridized carbons (Fsp3) is 0.625. The summed E-state index contributed by atoms with van der Waals surface area (Å²) in [6.45, 7) is -0.942. The zero-order chi connectivity index (χ0) is 21.8. The Bertz CT molecular complexity index is 761. The Morgan fingerprint density at radius 1 is 1.07 bits per heavy atom. The van der Waals surface area contributed by atoms with E-state index in [1.807, 2.05) is 0 Å². The first kappa shape index (κ1) is 27.3. The average molecular weight is 462 g/mol. The van der Waals surface area contributed by atoms with E-state index in [9.17, 15) is 28.3 Å². The Hall–Kier alpha value is -0.710. The Labute approximate surface area is 195 Å². The minimum atomic E-state index is -5.21. The molecule has 14 heteroatoms. The number of aliphatic hydroxyl groups is 3. The molecule has 1 aliphatic heterocycles. The minimum absolute atomic E-state index is 0. The van der Waals surface area contributed by atoms with Gasteiger partial charge in [-0.3, -0.25) is 4.18 Å². The molecular weight excluding hydrogens is 439 g/mol. The first-order valence-corrected chi connectivity index (χ1v) is 9.65. The van der Waals surface area contributed by atoms with Crippen LogP contribution < -0.4 is 43.8 Å². The molecule has 0 unspecified atom stereocenters. The van der Waals surface area contributed by atoms with Crippen LogP contribution in [0.1, 0.15) is 5.56 Å². The van der Waals surface area contributed by atoms with Crippen molar-refractivity contribution in [2.45, 2.75) is 37.3 Å². The van der Waals surface area contributed by atoms with Crippen LogP contribution in [0.4, 0.5) is 0 Å². The molecule has 5 atom stereocenters. The van der Waals surface area contributed by atoms with Crippen molar-refractivity contribution in [3.8, 4) is 17.2 Å². The molecule has 3 N–H and O–H groups in total. The van der Waals surface area contributed by atoms with Crippen molar-refractivity contribution < 1.29 is 85.7 Å². The quantitative estimate of drug-likeness (QED) is 0.183. The van der Waals surface area contributed by atoms with Gasteiger partial charge in [-0.1, -0.05) is 0 Å². The standard InChI is InChI=1S/C16H24O12S.Na/c1-23-9-4-8(5-10(24-2)14(9)25-3)7-26-16-13(19)12(18)15(11(6-17)27-16)28-29(20,21)22;/h4-5,11-13,15-19H,6-7H2,1-3H3,(H,20,21,22);/q;+1/p-1/t11-,12-,13-,15-,16-;/m1./s1. The molecule has 1 aliphatic rings. The zero-order valence-corrected chi connectivity index (χ0v) is 19.7. The number of hydrogen-bond acceptors (Lipinski definition) is 12. The van der Waals surface area contributed by atoms with Crippen LogP contribution in [0.2, 0.25) is 0 Å². The Balaban J connectivity index is 0.00000450. The maximum Gasteiger partial charge on any atom is 1.00 e. The number of aliphatic hydroxyl groups excluding tert-OH is 3. The van der Waals surface area contributed by atoms with Gasteiger partial charge in [-0.05, 0) is 17.7 Å². The maximum absolute atomic E-state index is 10.8. The summed E-state index contributed by atoms with van der Waals surface area (Å²) in [4.78, 5) is 0. The topological polar surface area (TPSA) is 173 Å². The number of benzene rings is 1. The smallest absolute Gasteiger partial charge is 0.726 e. The molecule has 1 saturated heterocycles. The summed E-state index contributed by atoms with van der Waals surface area (Å²) >= 11 is 0. The van der Waals surface area contributed by atoms with Gasteiger partial charge in [0.25, 0.3) is 0 Å². The fourth-order valence-corrected chi connectivity index (χ4v) is 3.35. The largest absolute Gasteiger partial charge is 1.00 e. The molecule has 1 aromatic rings. The van der Waals surface area contributed by atoms with Crippen LogP contribution in [0.25, 0.3) is 0 Å². The van der Waals surface area contributed by atoms with Gasteiger partial charge in [0.1, 0.15) is 24.4 Å². The van der Waals surface area contributed by atoms with Crippen molar-refractivity contribution in [3.05, 3.63) is 17.7 Å². The molecule has 12 nitrogen and oxygen atoms in total. The van der Waals surface area contributed by atoms with Crippen molar-refractivity contribution in [1.29, 1.82) is 0 Å². The predicted molar refractivity (Wildman–Crippen MR) is 93.2 cm³/mol. The molecule has 0 saturated carbocycles.